The second-order valence-corrected chi connectivity index (χ2v) is 4.98. The lowest BCUT2D eigenvalue weighted by Crippen LogP contribution is -2.29. The maximum Gasteiger partial charge on any atom is 0.255 e. The molecule has 5 nitrogen and oxygen atoms in total. The highest BCUT2D eigenvalue weighted by atomic mass is 35.5. The summed E-state index contributed by atoms with van der Waals surface area (Å²) in [6.45, 7) is 2.23. The van der Waals surface area contributed by atoms with E-state index in [0.717, 1.165) is 0 Å². The van der Waals surface area contributed by atoms with Crippen LogP contribution in [0.25, 0.3) is 0 Å². The lowest BCUT2D eigenvalue weighted by atomic mass is 10.1. The molecule has 1 heterocycles. The number of carbonyl (C=O) groups excluding carboxylic acids is 2. The molecule has 0 bridgehead atoms. The Kier molecular flexibility index (Phi) is 4.07. The Balaban J connectivity index is 2.22. The van der Waals surface area contributed by atoms with Crippen LogP contribution < -0.4 is 5.32 Å². The maximum atomic E-state index is 12.3. The second kappa shape index (κ2) is 5.59. The second-order valence-electron chi connectivity index (χ2n) is 4.57. The van der Waals surface area contributed by atoms with Crippen molar-refractivity contribution in [1.82, 2.24) is 4.90 Å². The first-order valence-electron chi connectivity index (χ1n) is 6.02. The van der Waals surface area contributed by atoms with Crippen molar-refractivity contribution in [3.8, 4) is 0 Å². The van der Waals surface area contributed by atoms with Crippen LogP contribution in [-0.4, -0.2) is 41.0 Å². The smallest absolute Gasteiger partial charge is 0.255 e. The van der Waals surface area contributed by atoms with E-state index in [4.69, 9.17) is 11.6 Å². The summed E-state index contributed by atoms with van der Waals surface area (Å²) < 4.78 is 0. The predicted molar refractivity (Wildman–Crippen MR) is 72.3 cm³/mol. The van der Waals surface area contributed by atoms with Crippen LogP contribution in [0.15, 0.2) is 18.2 Å². The number of benzene rings is 1. The van der Waals surface area contributed by atoms with Crippen LogP contribution in [0.4, 0.5) is 5.69 Å². The first-order chi connectivity index (χ1) is 8.97. The van der Waals surface area contributed by atoms with E-state index in [-0.39, 0.29) is 11.8 Å². The third-order valence-electron chi connectivity index (χ3n) is 2.97. The van der Waals surface area contributed by atoms with Gasteiger partial charge in [0.05, 0.1) is 16.7 Å². The van der Waals surface area contributed by atoms with Gasteiger partial charge in [-0.3, -0.25) is 9.59 Å². The number of aliphatic hydroxyl groups excluding tert-OH is 1. The van der Waals surface area contributed by atoms with E-state index in [0.29, 0.717) is 35.8 Å². The van der Waals surface area contributed by atoms with Gasteiger partial charge in [0, 0.05) is 25.7 Å². The summed E-state index contributed by atoms with van der Waals surface area (Å²) in [5, 5.41) is 12.4. The zero-order valence-electron chi connectivity index (χ0n) is 10.5. The van der Waals surface area contributed by atoms with Gasteiger partial charge >= 0.3 is 0 Å². The molecule has 2 N–H and O–H groups in total. The molecule has 1 fully saturated rings. The molecule has 1 aromatic rings. The van der Waals surface area contributed by atoms with E-state index in [1.54, 1.807) is 23.1 Å². The molecule has 1 aliphatic rings. The fraction of sp³-hybridized carbons (Fsp3) is 0.385. The number of likely N-dealkylation sites (tertiary alicyclic amines) is 1. The van der Waals surface area contributed by atoms with Crippen molar-refractivity contribution in [2.24, 2.45) is 0 Å². The van der Waals surface area contributed by atoms with Crippen LogP contribution in [0.3, 0.4) is 0 Å². The van der Waals surface area contributed by atoms with Gasteiger partial charge in [-0.1, -0.05) is 11.6 Å². The summed E-state index contributed by atoms with van der Waals surface area (Å²) in [4.78, 5) is 24.8. The van der Waals surface area contributed by atoms with Crippen molar-refractivity contribution < 1.29 is 14.7 Å². The molecule has 1 aromatic carbocycles. The van der Waals surface area contributed by atoms with Gasteiger partial charge in [0.2, 0.25) is 5.91 Å². The molecule has 0 saturated carbocycles. The molecule has 19 heavy (non-hydrogen) atoms. The summed E-state index contributed by atoms with van der Waals surface area (Å²) in [5.74, 6) is -0.439. The lowest BCUT2D eigenvalue weighted by Gasteiger charge is -2.17. The van der Waals surface area contributed by atoms with Gasteiger partial charge < -0.3 is 15.3 Å². The number of nitrogens with one attached hydrogen (secondary N) is 1. The van der Waals surface area contributed by atoms with Crippen molar-refractivity contribution in [2.45, 2.75) is 19.4 Å². The molecule has 102 valence electrons. The zero-order valence-corrected chi connectivity index (χ0v) is 11.3. The van der Waals surface area contributed by atoms with E-state index in [1.165, 1.54) is 6.92 Å². The van der Waals surface area contributed by atoms with Gasteiger partial charge in [0.15, 0.2) is 0 Å². The number of rotatable bonds is 2. The molecule has 0 aromatic heterocycles. The number of nitrogens with zero attached hydrogens (tertiary/aromatic N) is 1. The number of amides is 2. The summed E-state index contributed by atoms with van der Waals surface area (Å²) in [7, 11) is 0. The van der Waals surface area contributed by atoms with Gasteiger partial charge in [0.1, 0.15) is 0 Å². The number of halogens is 1. The fourth-order valence-corrected chi connectivity index (χ4v) is 2.27. The van der Waals surface area contributed by atoms with Gasteiger partial charge in [-0.2, -0.15) is 0 Å². The molecular formula is C13H15ClN2O3. The molecule has 2 amide bonds. The van der Waals surface area contributed by atoms with Gasteiger partial charge in [-0.15, -0.1) is 0 Å². The van der Waals surface area contributed by atoms with Crippen LogP contribution in [0.2, 0.25) is 5.02 Å². The van der Waals surface area contributed by atoms with Crippen LogP contribution in [0.1, 0.15) is 23.7 Å². The summed E-state index contributed by atoms with van der Waals surface area (Å²) in [5.41, 5.74) is 0.863. The zero-order chi connectivity index (χ0) is 14.0. The minimum atomic E-state index is -0.471. The van der Waals surface area contributed by atoms with E-state index in [9.17, 15) is 14.7 Å². The quantitative estimate of drug-likeness (QED) is 0.864. The summed E-state index contributed by atoms with van der Waals surface area (Å²) in [6, 6.07) is 4.77. The molecule has 1 aliphatic heterocycles. The first-order valence-corrected chi connectivity index (χ1v) is 6.39. The van der Waals surface area contributed by atoms with Crippen LogP contribution in [0.5, 0.6) is 0 Å². The SMILES string of the molecule is CC(=O)Nc1ccc(Cl)c(C(=O)N2CC[C@@H](O)C2)c1. The number of β-amino-alcohol motifs (C(OH)–C–C–N with tert-alkyl or cyclic N) is 1. The van der Waals surface area contributed by atoms with Crippen LogP contribution in [-0.2, 0) is 4.79 Å². The highest BCUT2D eigenvalue weighted by Crippen LogP contribution is 2.23. The van der Waals surface area contributed by atoms with Gasteiger partial charge in [0.25, 0.3) is 5.91 Å². The predicted octanol–water partition coefficient (Wildman–Crippen LogP) is 1.51. The van der Waals surface area contributed by atoms with Crippen molar-refractivity contribution in [3.05, 3.63) is 28.8 Å². The highest BCUT2D eigenvalue weighted by Gasteiger charge is 2.26. The highest BCUT2D eigenvalue weighted by molar-refractivity contribution is 6.34. The molecule has 6 heteroatoms. The Labute approximate surface area is 116 Å². The van der Waals surface area contributed by atoms with Crippen molar-refractivity contribution in [1.29, 1.82) is 0 Å². The standard InChI is InChI=1S/C13H15ClN2O3/c1-8(17)15-9-2-3-12(14)11(6-9)13(19)16-5-4-10(18)7-16/h2-3,6,10,18H,4-5,7H2,1H3,(H,15,17)/t10-/m1/s1. The average molecular weight is 283 g/mol. The Hall–Kier alpha value is -1.59. The third-order valence-corrected chi connectivity index (χ3v) is 3.30. The Bertz CT molecular complexity index is 519. The van der Waals surface area contributed by atoms with Gasteiger partial charge in [-0.25, -0.2) is 0 Å². The minimum absolute atomic E-state index is 0.211. The Morgan fingerprint density at radius 3 is 2.79 bits per heavy atom. The fourth-order valence-electron chi connectivity index (χ4n) is 2.07. The first kappa shape index (κ1) is 13.8. The van der Waals surface area contributed by atoms with Crippen molar-refractivity contribution >= 4 is 29.1 Å². The topological polar surface area (TPSA) is 69.6 Å². The maximum absolute atomic E-state index is 12.3. The lowest BCUT2D eigenvalue weighted by molar-refractivity contribution is -0.114. The van der Waals surface area contributed by atoms with E-state index in [1.807, 2.05) is 0 Å². The molecular weight excluding hydrogens is 268 g/mol. The van der Waals surface area contributed by atoms with Crippen molar-refractivity contribution in [3.63, 3.8) is 0 Å². The third kappa shape index (κ3) is 3.24. The number of anilines is 1. The molecule has 1 saturated heterocycles. The molecule has 0 spiro atoms. The average Bonchev–Trinajstić information content (AvgIpc) is 2.77. The van der Waals surface area contributed by atoms with E-state index in [2.05, 4.69) is 5.32 Å². The molecule has 0 unspecified atom stereocenters. The van der Waals surface area contributed by atoms with Crippen LogP contribution >= 0.6 is 11.6 Å². The number of hydrogen-bond acceptors (Lipinski definition) is 3. The van der Waals surface area contributed by atoms with Gasteiger partial charge in [-0.05, 0) is 24.6 Å². The largest absolute Gasteiger partial charge is 0.391 e. The normalized spacial score (nSPS) is 18.5. The summed E-state index contributed by atoms with van der Waals surface area (Å²) in [6.07, 6.45) is 0.107. The summed E-state index contributed by atoms with van der Waals surface area (Å²) >= 11 is 6.02. The molecule has 0 aliphatic carbocycles. The number of carbonyl (C=O) groups is 2. The van der Waals surface area contributed by atoms with E-state index < -0.39 is 6.10 Å². The molecule has 1 atom stereocenters. The molecule has 0 radical (unpaired) electrons. The van der Waals surface area contributed by atoms with Crippen LogP contribution in [0, 0.1) is 0 Å². The van der Waals surface area contributed by atoms with Crippen molar-refractivity contribution in [2.75, 3.05) is 18.4 Å². The number of aliphatic hydroxyl groups is 1. The monoisotopic (exact) mass is 282 g/mol. The molecule has 2 rings (SSSR count). The van der Waals surface area contributed by atoms with E-state index >= 15 is 0 Å². The minimum Gasteiger partial charge on any atom is -0.391 e. The Morgan fingerprint density at radius 1 is 1.47 bits per heavy atom. The number of hydrogen-bond donors (Lipinski definition) is 2. The Morgan fingerprint density at radius 2 is 2.21 bits per heavy atom.